The van der Waals surface area contributed by atoms with E-state index in [4.69, 9.17) is 99.5 Å². The van der Waals surface area contributed by atoms with Crippen LogP contribution in [-0.4, -0.2) is 230 Å². The van der Waals surface area contributed by atoms with Crippen molar-refractivity contribution >= 4 is 0 Å². The maximum atomic E-state index is 5.90. The Morgan fingerprint density at radius 2 is 0.539 bits per heavy atom. The third-order valence-electron chi connectivity index (χ3n) is 10.8. The maximum Gasteiger partial charge on any atom is 0.191 e. The van der Waals surface area contributed by atoms with E-state index >= 15 is 0 Å². The molecule has 7 rings (SSSR count). The average molecular weight is 1080 g/mol. The fraction of sp³-hybridized carbons (Fsp3) is 0.673. The Labute approximate surface area is 449 Å². The number of allylic oxidation sites excluding steroid dienone is 6. The Morgan fingerprint density at radius 1 is 0.250 bits per heavy atom. The van der Waals surface area contributed by atoms with Crippen LogP contribution in [0.3, 0.4) is 0 Å². The molecule has 0 saturated carbocycles. The van der Waals surface area contributed by atoms with Gasteiger partial charge < -0.3 is 99.5 Å². The van der Waals surface area contributed by atoms with Crippen LogP contribution in [-0.2, 0) is 90.0 Å². The zero-order valence-corrected chi connectivity index (χ0v) is 44.3. The molecular weight excluding hydrogens is 997 g/mol. The van der Waals surface area contributed by atoms with Gasteiger partial charge in [0.05, 0.1) is 165 Å². The van der Waals surface area contributed by atoms with Crippen molar-refractivity contribution in [3.8, 4) is 11.5 Å². The van der Waals surface area contributed by atoms with E-state index in [1.54, 1.807) is 0 Å². The number of benzene rings is 1. The molecule has 0 spiro atoms. The minimum atomic E-state index is -0.196. The van der Waals surface area contributed by atoms with Crippen molar-refractivity contribution in [1.29, 1.82) is 0 Å². The second-order valence-electron chi connectivity index (χ2n) is 16.5. The van der Waals surface area contributed by atoms with Crippen molar-refractivity contribution in [2.75, 3.05) is 205 Å². The Kier molecular flexibility index (Phi) is 37.4. The topological polar surface area (TPSA) is 194 Å². The summed E-state index contributed by atoms with van der Waals surface area (Å²) in [5.41, 5.74) is 0. The van der Waals surface area contributed by atoms with E-state index in [1.807, 2.05) is 85.0 Å². The van der Waals surface area contributed by atoms with Gasteiger partial charge in [-0.3, -0.25) is 0 Å². The van der Waals surface area contributed by atoms with Gasteiger partial charge in [0.1, 0.15) is 44.2 Å². The summed E-state index contributed by atoms with van der Waals surface area (Å²) in [7, 11) is 0. The summed E-state index contributed by atoms with van der Waals surface area (Å²) in [6.45, 7) is 15.0. The summed E-state index contributed by atoms with van der Waals surface area (Å²) < 4.78 is 117. The lowest BCUT2D eigenvalue weighted by Gasteiger charge is -2.24. The number of hydrogen-bond donors (Lipinski definition) is 0. The molecule has 1 aromatic rings. The smallest absolute Gasteiger partial charge is 0.191 e. The summed E-state index contributed by atoms with van der Waals surface area (Å²) in [5, 5.41) is 0. The third kappa shape index (κ3) is 30.9. The molecule has 0 radical (unpaired) electrons. The van der Waals surface area contributed by atoms with Crippen molar-refractivity contribution in [2.24, 2.45) is 0 Å². The molecule has 21 heteroatoms. The van der Waals surface area contributed by atoms with E-state index in [1.165, 1.54) is 0 Å². The largest absolute Gasteiger partial charge is 0.488 e. The average Bonchev–Trinajstić information content (AvgIpc) is 3.45. The zero-order chi connectivity index (χ0) is 52.7. The molecule has 76 heavy (non-hydrogen) atoms. The molecule has 21 nitrogen and oxygen atoms in total. The molecule has 2 saturated heterocycles. The molecule has 6 aliphatic rings. The quantitative estimate of drug-likeness (QED) is 0.339. The fourth-order valence-electron chi connectivity index (χ4n) is 7.10. The van der Waals surface area contributed by atoms with Crippen LogP contribution < -0.4 is 9.47 Å². The van der Waals surface area contributed by atoms with E-state index in [0.717, 1.165) is 18.6 Å². The van der Waals surface area contributed by atoms with Crippen molar-refractivity contribution in [3.05, 3.63) is 96.5 Å². The predicted molar refractivity (Wildman–Crippen MR) is 276 cm³/mol. The van der Waals surface area contributed by atoms with Crippen LogP contribution >= 0.6 is 0 Å². The normalized spacial score (nSPS) is 26.3. The first-order valence-corrected chi connectivity index (χ1v) is 26.5. The molecule has 3 aliphatic heterocycles. The summed E-state index contributed by atoms with van der Waals surface area (Å²) >= 11 is 0. The molecule has 0 N–H and O–H groups in total. The van der Waals surface area contributed by atoms with Gasteiger partial charge in [0.2, 0.25) is 0 Å². The maximum absolute atomic E-state index is 5.90. The number of para-hydroxylation sites is 2. The first kappa shape index (κ1) is 63.0. The van der Waals surface area contributed by atoms with Crippen LogP contribution in [0.4, 0.5) is 0 Å². The standard InChI is InChI=1S/C24H34O8.C19H26O7.C12H24O6/c1-2-6-22-21(5-1)29-17-13-25-9-10-27-15-19-31-23-7-3-4-8-24(23)32-20-16-28-12-11-26-14-18-30-22;1-3-7-18-16(5-1)23-11-9-20-10-12-24-17-6-2-4-8-19(17)26-15-22-13-21-14-25-18;1-2-14-5-6-16-9-10-18-12-11-17-8-7-15-4-3-13-1/h1-8,21-22H,9-20H2;1,3,5-8,16,18H,2,4,9-15H2;1-12H2/t;16?,18-;/m.0./s1. The Morgan fingerprint density at radius 3 is 0.908 bits per heavy atom. The van der Waals surface area contributed by atoms with Crippen LogP contribution in [0.15, 0.2) is 96.5 Å². The van der Waals surface area contributed by atoms with Gasteiger partial charge in [0, 0.05) is 0 Å². The molecule has 0 bridgehead atoms. The predicted octanol–water partition coefficient (Wildman–Crippen LogP) is 4.93. The summed E-state index contributed by atoms with van der Waals surface area (Å²) in [5.74, 6) is 2.80. The van der Waals surface area contributed by atoms with E-state index < -0.39 is 0 Å². The number of ether oxygens (including phenoxy) is 21. The highest BCUT2D eigenvalue weighted by Crippen LogP contribution is 2.26. The van der Waals surface area contributed by atoms with Crippen LogP contribution in [0.1, 0.15) is 12.8 Å². The first-order valence-electron chi connectivity index (χ1n) is 26.5. The number of rotatable bonds is 0. The third-order valence-corrected chi connectivity index (χ3v) is 10.8. The molecule has 3 heterocycles. The van der Waals surface area contributed by atoms with E-state index in [9.17, 15) is 0 Å². The lowest BCUT2D eigenvalue weighted by atomic mass is 10.1. The summed E-state index contributed by atoms with van der Waals surface area (Å²) in [6.07, 6.45) is 20.9. The SMILES string of the molecule is C1=CC2OCCOCCOC3=CCCC=C3OCOCOCO[C@H]2C=C1.C1=CC2OCCOCCOCCOc3ccccc3OCCOCCOCCOC2C=C1.C1COCCOCCOCCOCCOCCO1. The number of hydrogen-bond acceptors (Lipinski definition) is 21. The summed E-state index contributed by atoms with van der Waals surface area (Å²) in [6, 6.07) is 7.57. The highest BCUT2D eigenvalue weighted by molar-refractivity contribution is 5.39. The second-order valence-corrected chi connectivity index (χ2v) is 16.5. The lowest BCUT2D eigenvalue weighted by Crippen LogP contribution is -2.32. The molecule has 0 amide bonds. The first-order chi connectivity index (χ1) is 37.9. The molecule has 4 atom stereocenters. The van der Waals surface area contributed by atoms with Crippen LogP contribution in [0.2, 0.25) is 0 Å². The highest BCUT2D eigenvalue weighted by Gasteiger charge is 2.21. The van der Waals surface area contributed by atoms with Crippen molar-refractivity contribution in [3.63, 3.8) is 0 Å². The van der Waals surface area contributed by atoms with Gasteiger partial charge in [0.25, 0.3) is 0 Å². The molecule has 2 fully saturated rings. The minimum absolute atomic E-state index is 0.0822. The Hall–Kier alpha value is -3.82. The van der Waals surface area contributed by atoms with Gasteiger partial charge >= 0.3 is 0 Å². The Balaban J connectivity index is 0.000000219. The van der Waals surface area contributed by atoms with Gasteiger partial charge in [-0.2, -0.15) is 0 Å². The summed E-state index contributed by atoms with van der Waals surface area (Å²) in [4.78, 5) is 0. The monoisotopic (exact) mass is 1080 g/mol. The lowest BCUT2D eigenvalue weighted by molar-refractivity contribution is -0.180. The second kappa shape index (κ2) is 45.1. The molecule has 3 aliphatic carbocycles. The van der Waals surface area contributed by atoms with Gasteiger partial charge in [0.15, 0.2) is 43.4 Å². The molecule has 0 aromatic heterocycles. The van der Waals surface area contributed by atoms with Crippen LogP contribution in [0.25, 0.3) is 0 Å². The van der Waals surface area contributed by atoms with Gasteiger partial charge in [-0.25, -0.2) is 0 Å². The van der Waals surface area contributed by atoms with Crippen LogP contribution in [0.5, 0.6) is 11.5 Å². The fourth-order valence-corrected chi connectivity index (χ4v) is 7.10. The van der Waals surface area contributed by atoms with Crippen molar-refractivity contribution in [2.45, 2.75) is 37.3 Å². The zero-order valence-electron chi connectivity index (χ0n) is 44.3. The van der Waals surface area contributed by atoms with Crippen LogP contribution in [0, 0.1) is 0 Å². The van der Waals surface area contributed by atoms with Crippen molar-refractivity contribution in [1.82, 2.24) is 0 Å². The Bertz CT molecular complexity index is 1560. The van der Waals surface area contributed by atoms with E-state index in [2.05, 4.69) is 0 Å². The number of fused-ring (bicyclic) bond motifs is 4. The minimum Gasteiger partial charge on any atom is -0.488 e. The molecule has 430 valence electrons. The van der Waals surface area contributed by atoms with Gasteiger partial charge in [-0.1, -0.05) is 60.7 Å². The highest BCUT2D eigenvalue weighted by atomic mass is 16.8. The molecule has 3 unspecified atom stereocenters. The van der Waals surface area contributed by atoms with E-state index in [-0.39, 0.29) is 44.8 Å². The molecule has 1 aromatic carbocycles. The van der Waals surface area contributed by atoms with Gasteiger partial charge in [-0.05, 0) is 37.1 Å². The van der Waals surface area contributed by atoms with E-state index in [0.29, 0.717) is 202 Å². The van der Waals surface area contributed by atoms with Crippen molar-refractivity contribution < 1.29 is 99.5 Å². The molecular formula is C55H84O21. The van der Waals surface area contributed by atoms with Gasteiger partial charge in [-0.15, -0.1) is 0 Å².